The second kappa shape index (κ2) is 7.98. The Morgan fingerprint density at radius 2 is 2.24 bits per heavy atom. The minimum Gasteiger partial charge on any atom is -0.383 e. The average Bonchev–Trinajstić information content (AvgIpc) is 2.85. The van der Waals surface area contributed by atoms with Crippen LogP contribution < -0.4 is 0 Å². The molecule has 0 radical (unpaired) electrons. The molecule has 112 valence electrons. The fourth-order valence-corrected chi connectivity index (χ4v) is 3.38. The van der Waals surface area contributed by atoms with Crippen molar-refractivity contribution in [1.29, 1.82) is 0 Å². The van der Waals surface area contributed by atoms with Gasteiger partial charge in [0.05, 0.1) is 34.6 Å². The highest BCUT2D eigenvalue weighted by Crippen LogP contribution is 2.28. The maximum Gasteiger partial charge on any atom is 0.192 e. The highest BCUT2D eigenvalue weighted by atomic mass is 79.9. The number of aromatic nitrogens is 2. The van der Waals surface area contributed by atoms with Crippen LogP contribution in [0.4, 0.5) is 0 Å². The van der Waals surface area contributed by atoms with Gasteiger partial charge in [-0.3, -0.25) is 9.48 Å². The van der Waals surface area contributed by atoms with Gasteiger partial charge in [0, 0.05) is 12.0 Å². The SMILES string of the molecule is COCCn1ncc(Br)c1C(=O)CSc1ccccc1Cl. The van der Waals surface area contributed by atoms with E-state index in [0.29, 0.717) is 34.1 Å². The Bertz CT molecular complexity index is 633. The molecule has 0 N–H and O–H groups in total. The van der Waals surface area contributed by atoms with Crippen molar-refractivity contribution >= 4 is 45.1 Å². The van der Waals surface area contributed by atoms with Gasteiger partial charge in [-0.05, 0) is 28.1 Å². The molecular weight excluding hydrogens is 376 g/mol. The van der Waals surface area contributed by atoms with E-state index in [2.05, 4.69) is 21.0 Å². The summed E-state index contributed by atoms with van der Waals surface area (Å²) in [6.07, 6.45) is 1.63. The summed E-state index contributed by atoms with van der Waals surface area (Å²) < 4.78 is 7.38. The molecule has 0 aliphatic carbocycles. The number of carbonyl (C=O) groups excluding carboxylic acids is 1. The number of hydrogen-bond acceptors (Lipinski definition) is 4. The molecule has 2 aromatic rings. The maximum absolute atomic E-state index is 12.4. The quantitative estimate of drug-likeness (QED) is 0.532. The van der Waals surface area contributed by atoms with Crippen LogP contribution in [0, 0.1) is 0 Å². The van der Waals surface area contributed by atoms with Gasteiger partial charge in [0.2, 0.25) is 0 Å². The monoisotopic (exact) mass is 388 g/mol. The number of hydrogen-bond donors (Lipinski definition) is 0. The lowest BCUT2D eigenvalue weighted by Gasteiger charge is -2.07. The van der Waals surface area contributed by atoms with Crippen LogP contribution in [0.2, 0.25) is 5.02 Å². The van der Waals surface area contributed by atoms with E-state index in [1.54, 1.807) is 18.0 Å². The van der Waals surface area contributed by atoms with Crippen molar-refractivity contribution in [2.75, 3.05) is 19.5 Å². The first-order valence-corrected chi connectivity index (χ1v) is 8.40. The molecule has 0 saturated heterocycles. The van der Waals surface area contributed by atoms with E-state index in [1.165, 1.54) is 11.8 Å². The first kappa shape index (κ1) is 16.5. The van der Waals surface area contributed by atoms with Crippen LogP contribution in [0.15, 0.2) is 39.8 Å². The summed E-state index contributed by atoms with van der Waals surface area (Å²) in [5, 5.41) is 4.84. The molecule has 1 aromatic heterocycles. The Morgan fingerprint density at radius 3 is 2.95 bits per heavy atom. The number of nitrogens with zero attached hydrogens (tertiary/aromatic N) is 2. The molecule has 1 heterocycles. The lowest BCUT2D eigenvalue weighted by molar-refractivity contribution is 0.100. The zero-order valence-electron chi connectivity index (χ0n) is 11.4. The lowest BCUT2D eigenvalue weighted by atomic mass is 10.3. The maximum atomic E-state index is 12.4. The van der Waals surface area contributed by atoms with E-state index >= 15 is 0 Å². The van der Waals surface area contributed by atoms with Gasteiger partial charge >= 0.3 is 0 Å². The number of rotatable bonds is 7. The van der Waals surface area contributed by atoms with Gasteiger partial charge in [0.25, 0.3) is 0 Å². The Labute approximate surface area is 140 Å². The Hall–Kier alpha value is -0.820. The second-order valence-corrected chi connectivity index (χ2v) is 6.48. The Kier molecular flexibility index (Phi) is 6.29. The van der Waals surface area contributed by atoms with Crippen LogP contribution in [-0.4, -0.2) is 35.0 Å². The Morgan fingerprint density at radius 1 is 1.48 bits per heavy atom. The summed E-state index contributed by atoms with van der Waals surface area (Å²) in [5.41, 5.74) is 0.562. The number of benzene rings is 1. The summed E-state index contributed by atoms with van der Waals surface area (Å²) in [4.78, 5) is 13.3. The summed E-state index contributed by atoms with van der Waals surface area (Å²) in [5.74, 6) is 0.307. The van der Waals surface area contributed by atoms with Gasteiger partial charge in [0.15, 0.2) is 5.78 Å². The van der Waals surface area contributed by atoms with Crippen molar-refractivity contribution in [2.45, 2.75) is 11.4 Å². The van der Waals surface area contributed by atoms with Crippen molar-refractivity contribution < 1.29 is 9.53 Å². The molecule has 0 unspecified atom stereocenters. The molecule has 21 heavy (non-hydrogen) atoms. The molecule has 0 bridgehead atoms. The molecule has 0 atom stereocenters. The van der Waals surface area contributed by atoms with Crippen LogP contribution >= 0.6 is 39.3 Å². The van der Waals surface area contributed by atoms with Crippen molar-refractivity contribution in [3.05, 3.63) is 45.7 Å². The summed E-state index contributed by atoms with van der Waals surface area (Å²) in [6, 6.07) is 7.48. The first-order chi connectivity index (χ1) is 10.1. The number of ether oxygens (including phenoxy) is 1. The number of methoxy groups -OCH3 is 1. The molecule has 1 aromatic carbocycles. The lowest BCUT2D eigenvalue weighted by Crippen LogP contribution is -2.15. The third kappa shape index (κ3) is 4.32. The molecule has 0 amide bonds. The summed E-state index contributed by atoms with van der Waals surface area (Å²) in [6.45, 7) is 1.05. The third-order valence-corrected chi connectivity index (χ3v) is 4.86. The average molecular weight is 390 g/mol. The number of ketones is 1. The zero-order chi connectivity index (χ0) is 15.2. The molecule has 7 heteroatoms. The topological polar surface area (TPSA) is 44.1 Å². The molecule has 2 rings (SSSR count). The van der Waals surface area contributed by atoms with Gasteiger partial charge in [-0.15, -0.1) is 11.8 Å². The molecule has 4 nitrogen and oxygen atoms in total. The summed E-state index contributed by atoms with van der Waals surface area (Å²) in [7, 11) is 1.62. The van der Waals surface area contributed by atoms with E-state index in [-0.39, 0.29) is 5.78 Å². The zero-order valence-corrected chi connectivity index (χ0v) is 14.5. The Balaban J connectivity index is 2.07. The summed E-state index contributed by atoms with van der Waals surface area (Å²) >= 11 is 10.9. The van der Waals surface area contributed by atoms with Crippen molar-refractivity contribution in [2.24, 2.45) is 0 Å². The van der Waals surface area contributed by atoms with Crippen LogP contribution in [0.25, 0.3) is 0 Å². The predicted octanol–water partition coefficient (Wildman–Crippen LogP) is 3.92. The predicted molar refractivity (Wildman–Crippen MR) is 88.3 cm³/mol. The van der Waals surface area contributed by atoms with E-state index < -0.39 is 0 Å². The van der Waals surface area contributed by atoms with Crippen LogP contribution in [0.3, 0.4) is 0 Å². The normalized spacial score (nSPS) is 10.8. The fourth-order valence-electron chi connectivity index (χ4n) is 1.76. The molecule has 0 spiro atoms. The molecule has 0 aliphatic heterocycles. The van der Waals surface area contributed by atoms with Gasteiger partial charge in [-0.25, -0.2) is 0 Å². The van der Waals surface area contributed by atoms with Gasteiger partial charge in [-0.1, -0.05) is 23.7 Å². The third-order valence-electron chi connectivity index (χ3n) is 2.76. The highest BCUT2D eigenvalue weighted by Gasteiger charge is 2.17. The van der Waals surface area contributed by atoms with E-state index in [1.807, 2.05) is 24.3 Å². The number of carbonyl (C=O) groups is 1. The standard InChI is InChI=1S/C14H14BrClN2O2S/c1-20-7-6-18-14(10(15)8-17-18)12(19)9-21-13-5-3-2-4-11(13)16/h2-5,8H,6-7,9H2,1H3. The van der Waals surface area contributed by atoms with E-state index in [4.69, 9.17) is 16.3 Å². The molecule has 0 saturated carbocycles. The number of halogens is 2. The van der Waals surface area contributed by atoms with Crippen molar-refractivity contribution in [3.8, 4) is 0 Å². The second-order valence-electron chi connectivity index (χ2n) is 4.20. The van der Waals surface area contributed by atoms with Gasteiger partial charge < -0.3 is 4.74 Å². The fraction of sp³-hybridized carbons (Fsp3) is 0.286. The van der Waals surface area contributed by atoms with Gasteiger partial charge in [-0.2, -0.15) is 5.10 Å². The molecular formula is C14H14BrClN2O2S. The van der Waals surface area contributed by atoms with Crippen LogP contribution in [0.1, 0.15) is 10.5 Å². The number of thioether (sulfide) groups is 1. The van der Waals surface area contributed by atoms with Crippen molar-refractivity contribution in [1.82, 2.24) is 9.78 Å². The van der Waals surface area contributed by atoms with E-state index in [9.17, 15) is 4.79 Å². The molecule has 0 fully saturated rings. The number of Topliss-reactive ketones (excluding diaryl/α,β-unsaturated/α-hetero) is 1. The highest BCUT2D eigenvalue weighted by molar-refractivity contribution is 9.10. The smallest absolute Gasteiger partial charge is 0.192 e. The van der Waals surface area contributed by atoms with Crippen LogP contribution in [0.5, 0.6) is 0 Å². The first-order valence-electron chi connectivity index (χ1n) is 6.24. The minimum atomic E-state index is 0.000368. The minimum absolute atomic E-state index is 0.000368. The van der Waals surface area contributed by atoms with Crippen LogP contribution in [-0.2, 0) is 11.3 Å². The van der Waals surface area contributed by atoms with E-state index in [0.717, 1.165) is 4.90 Å². The molecule has 0 aliphatic rings. The largest absolute Gasteiger partial charge is 0.383 e. The van der Waals surface area contributed by atoms with Gasteiger partial charge in [0.1, 0.15) is 5.69 Å². The van der Waals surface area contributed by atoms with Crippen molar-refractivity contribution in [3.63, 3.8) is 0 Å².